The number of rotatable bonds is 2. The van der Waals surface area contributed by atoms with Gasteiger partial charge in [-0.25, -0.2) is 14.1 Å². The lowest BCUT2D eigenvalue weighted by molar-refractivity contribution is 0.0921. The first-order valence-corrected chi connectivity index (χ1v) is 10.3. The number of thiazole rings is 1. The van der Waals surface area contributed by atoms with Crippen LogP contribution in [0.1, 0.15) is 28.4 Å². The van der Waals surface area contributed by atoms with Crippen LogP contribution in [0.2, 0.25) is 0 Å². The third-order valence-electron chi connectivity index (χ3n) is 5.33. The van der Waals surface area contributed by atoms with E-state index in [0.29, 0.717) is 20.8 Å². The van der Waals surface area contributed by atoms with Crippen molar-refractivity contribution in [3.63, 3.8) is 0 Å². The molecule has 0 N–H and O–H groups in total. The van der Waals surface area contributed by atoms with Crippen molar-refractivity contribution in [2.45, 2.75) is 20.8 Å². The molecule has 5 rings (SSSR count). The molecule has 0 aliphatic carbocycles. The highest BCUT2D eigenvalue weighted by Gasteiger charge is 2.16. The Kier molecular flexibility index (Phi) is 4.15. The van der Waals surface area contributed by atoms with E-state index in [9.17, 15) is 9.59 Å². The standard InChI is InChI=1S/C23H18N4O2S/c1-13-9-10-18-20(14(13)2)24-23-27(18)22(29)19(30-23)11-17-12-26(15(3)28)25-21(17)16-7-5-4-6-8-16/h4-12H,1-3H3/b19-11-. The van der Waals surface area contributed by atoms with Gasteiger partial charge in [0.05, 0.1) is 15.6 Å². The maximum Gasteiger partial charge on any atom is 0.274 e. The molecule has 0 saturated heterocycles. The Hall–Kier alpha value is -3.58. The van der Waals surface area contributed by atoms with Crippen LogP contribution in [0.25, 0.3) is 33.3 Å². The van der Waals surface area contributed by atoms with Gasteiger partial charge in [0, 0.05) is 24.2 Å². The molecule has 0 unspecified atom stereocenters. The summed E-state index contributed by atoms with van der Waals surface area (Å²) in [4.78, 5) is 30.4. The van der Waals surface area contributed by atoms with Crippen LogP contribution in [0.4, 0.5) is 0 Å². The Morgan fingerprint density at radius 1 is 1.10 bits per heavy atom. The molecule has 7 heteroatoms. The molecule has 3 aromatic heterocycles. The molecule has 0 fully saturated rings. The normalized spacial score (nSPS) is 12.3. The molecule has 3 heterocycles. The number of imidazole rings is 1. The van der Waals surface area contributed by atoms with E-state index < -0.39 is 0 Å². The molecule has 0 amide bonds. The van der Waals surface area contributed by atoms with Crippen LogP contribution in [0.15, 0.2) is 53.5 Å². The number of aromatic nitrogens is 4. The van der Waals surface area contributed by atoms with E-state index in [1.807, 2.05) is 56.3 Å². The van der Waals surface area contributed by atoms with Gasteiger partial charge in [-0.15, -0.1) is 0 Å². The van der Waals surface area contributed by atoms with E-state index in [1.54, 1.807) is 16.7 Å². The van der Waals surface area contributed by atoms with Crippen molar-refractivity contribution in [3.8, 4) is 11.3 Å². The van der Waals surface area contributed by atoms with Gasteiger partial charge in [0.1, 0.15) is 5.69 Å². The monoisotopic (exact) mass is 414 g/mol. The molecule has 5 aromatic rings. The van der Waals surface area contributed by atoms with Crippen LogP contribution >= 0.6 is 11.3 Å². The number of carbonyl (C=O) groups is 1. The summed E-state index contributed by atoms with van der Waals surface area (Å²) in [6, 6.07) is 13.6. The van der Waals surface area contributed by atoms with Crippen molar-refractivity contribution in [3.05, 3.63) is 80.2 Å². The molecule has 0 bridgehead atoms. The lowest BCUT2D eigenvalue weighted by atomic mass is 10.1. The average Bonchev–Trinajstić information content (AvgIpc) is 3.40. The first-order chi connectivity index (χ1) is 14.4. The summed E-state index contributed by atoms with van der Waals surface area (Å²) < 4.78 is 3.52. The second-order valence-corrected chi connectivity index (χ2v) is 8.29. The zero-order chi connectivity index (χ0) is 21.0. The number of hydrogen-bond donors (Lipinski definition) is 0. The fourth-order valence-electron chi connectivity index (χ4n) is 3.58. The number of aryl methyl sites for hydroxylation is 2. The Morgan fingerprint density at radius 3 is 2.60 bits per heavy atom. The van der Waals surface area contributed by atoms with Gasteiger partial charge in [-0.1, -0.05) is 47.7 Å². The van der Waals surface area contributed by atoms with E-state index in [2.05, 4.69) is 5.10 Å². The Bertz CT molecular complexity index is 1560. The molecule has 0 atom stereocenters. The second kappa shape index (κ2) is 6.74. The molecular weight excluding hydrogens is 396 g/mol. The number of fused-ring (bicyclic) bond motifs is 3. The molecule has 6 nitrogen and oxygen atoms in total. The zero-order valence-corrected chi connectivity index (χ0v) is 17.5. The van der Waals surface area contributed by atoms with Crippen LogP contribution in [-0.4, -0.2) is 25.1 Å². The van der Waals surface area contributed by atoms with Gasteiger partial charge in [0.25, 0.3) is 5.56 Å². The minimum absolute atomic E-state index is 0.115. The molecule has 0 aliphatic heterocycles. The molecular formula is C23H18N4O2S. The summed E-state index contributed by atoms with van der Waals surface area (Å²) in [7, 11) is 0. The van der Waals surface area contributed by atoms with Crippen molar-refractivity contribution >= 4 is 39.3 Å². The number of benzene rings is 2. The highest BCUT2D eigenvalue weighted by atomic mass is 32.1. The fourth-order valence-corrected chi connectivity index (χ4v) is 4.55. The SMILES string of the molecule is CC(=O)n1cc(/C=c2\sc3nc4c(C)c(C)ccc4n3c2=O)c(-c2ccccc2)n1. The van der Waals surface area contributed by atoms with Gasteiger partial charge in [-0.3, -0.25) is 9.59 Å². The topological polar surface area (TPSA) is 69.3 Å². The van der Waals surface area contributed by atoms with Gasteiger partial charge in [0.15, 0.2) is 4.96 Å². The smallest absolute Gasteiger partial charge is 0.273 e. The highest BCUT2D eigenvalue weighted by Crippen LogP contribution is 2.24. The lowest BCUT2D eigenvalue weighted by Crippen LogP contribution is -2.22. The molecule has 0 spiro atoms. The largest absolute Gasteiger partial charge is 0.274 e. The predicted octanol–water partition coefficient (Wildman–Crippen LogP) is 3.60. The molecule has 2 aromatic carbocycles. The summed E-state index contributed by atoms with van der Waals surface area (Å²) in [5.74, 6) is -0.188. The molecule has 148 valence electrons. The van der Waals surface area contributed by atoms with E-state index in [0.717, 1.165) is 27.7 Å². The number of nitrogens with zero attached hydrogens (tertiary/aromatic N) is 4. The van der Waals surface area contributed by atoms with Gasteiger partial charge in [-0.05, 0) is 37.1 Å². The average molecular weight is 414 g/mol. The molecule has 30 heavy (non-hydrogen) atoms. The van der Waals surface area contributed by atoms with Crippen LogP contribution in [-0.2, 0) is 0 Å². The minimum atomic E-state index is -0.188. The number of carbonyl (C=O) groups excluding carboxylic acids is 1. The van der Waals surface area contributed by atoms with Crippen LogP contribution in [0, 0.1) is 13.8 Å². The predicted molar refractivity (Wildman–Crippen MR) is 119 cm³/mol. The minimum Gasteiger partial charge on any atom is -0.273 e. The summed E-state index contributed by atoms with van der Waals surface area (Å²) in [6.45, 7) is 5.52. The van der Waals surface area contributed by atoms with Crippen LogP contribution in [0.3, 0.4) is 0 Å². The van der Waals surface area contributed by atoms with Gasteiger partial charge >= 0.3 is 0 Å². The summed E-state index contributed by atoms with van der Waals surface area (Å²) in [6.07, 6.45) is 3.46. The Balaban J connectivity index is 1.76. The van der Waals surface area contributed by atoms with Crippen LogP contribution in [0.5, 0.6) is 0 Å². The summed E-state index contributed by atoms with van der Waals surface area (Å²) in [5, 5.41) is 4.43. The molecule has 0 saturated carbocycles. The maximum absolute atomic E-state index is 13.2. The zero-order valence-electron chi connectivity index (χ0n) is 16.7. The molecule has 0 radical (unpaired) electrons. The highest BCUT2D eigenvalue weighted by molar-refractivity contribution is 7.15. The van der Waals surface area contributed by atoms with E-state index >= 15 is 0 Å². The van der Waals surface area contributed by atoms with E-state index in [4.69, 9.17) is 4.98 Å². The Morgan fingerprint density at radius 2 is 1.87 bits per heavy atom. The van der Waals surface area contributed by atoms with Crippen molar-refractivity contribution in [2.75, 3.05) is 0 Å². The second-order valence-electron chi connectivity index (χ2n) is 7.28. The third-order valence-corrected chi connectivity index (χ3v) is 6.30. The van der Waals surface area contributed by atoms with E-state index in [-0.39, 0.29) is 11.5 Å². The lowest BCUT2D eigenvalue weighted by Gasteiger charge is -1.99. The molecule has 0 aliphatic rings. The third kappa shape index (κ3) is 2.78. The first kappa shape index (κ1) is 18.4. The number of hydrogen-bond acceptors (Lipinski definition) is 5. The van der Waals surface area contributed by atoms with Crippen LogP contribution < -0.4 is 10.1 Å². The van der Waals surface area contributed by atoms with Crippen molar-refractivity contribution in [2.24, 2.45) is 0 Å². The van der Waals surface area contributed by atoms with E-state index in [1.165, 1.54) is 22.9 Å². The summed E-state index contributed by atoms with van der Waals surface area (Å²) in [5.41, 5.74) is 6.06. The Labute approximate surface area is 175 Å². The summed E-state index contributed by atoms with van der Waals surface area (Å²) >= 11 is 1.34. The van der Waals surface area contributed by atoms with Crippen molar-refractivity contribution in [1.29, 1.82) is 0 Å². The maximum atomic E-state index is 13.2. The fraction of sp³-hybridized carbons (Fsp3) is 0.130. The van der Waals surface area contributed by atoms with Gasteiger partial charge in [-0.2, -0.15) is 5.10 Å². The first-order valence-electron chi connectivity index (χ1n) is 9.53. The quantitative estimate of drug-likeness (QED) is 0.443. The van der Waals surface area contributed by atoms with Crippen molar-refractivity contribution < 1.29 is 4.79 Å². The van der Waals surface area contributed by atoms with Gasteiger partial charge in [0.2, 0.25) is 5.91 Å². The van der Waals surface area contributed by atoms with Gasteiger partial charge < -0.3 is 0 Å². The van der Waals surface area contributed by atoms with Crippen molar-refractivity contribution in [1.82, 2.24) is 19.2 Å².